The number of esters is 1. The summed E-state index contributed by atoms with van der Waals surface area (Å²) in [6.07, 6.45) is 1.08. The smallest absolute Gasteiger partial charge is 0.302 e. The summed E-state index contributed by atoms with van der Waals surface area (Å²) < 4.78 is 5.80. The SMILES string of the molecule is CC(=O)OCCC([Si](C)(C)C)([Si](C)(C)C)[Si](C)(C)C. The number of rotatable bonds is 6. The highest BCUT2D eigenvalue weighted by atomic mass is 28.5. The number of hydrogen-bond donors (Lipinski definition) is 0. The van der Waals surface area contributed by atoms with Crippen LogP contribution in [0, 0.1) is 0 Å². The normalized spacial score (nSPS) is 14.4. The fourth-order valence-corrected chi connectivity index (χ4v) is 34.4. The molecule has 0 spiro atoms. The molecule has 0 aromatic carbocycles. The maximum absolute atomic E-state index is 11.1. The van der Waals surface area contributed by atoms with Crippen LogP contribution in [0.25, 0.3) is 0 Å². The molecule has 0 aliphatic carbocycles. The Balaban J connectivity index is 5.62. The molecule has 0 aromatic rings. The van der Waals surface area contributed by atoms with E-state index in [0.717, 1.165) is 6.42 Å². The summed E-state index contributed by atoms with van der Waals surface area (Å²) in [5.74, 6) is -0.143. The number of carbonyl (C=O) groups excluding carboxylic acids is 1. The summed E-state index contributed by atoms with van der Waals surface area (Å²) in [6, 6.07) is 0. The third-order valence-corrected chi connectivity index (χ3v) is 26.6. The number of carbonyl (C=O) groups is 1. The van der Waals surface area contributed by atoms with Crippen LogP contribution in [0.4, 0.5) is 0 Å². The minimum atomic E-state index is -1.35. The first-order chi connectivity index (χ1) is 8.17. The Hall–Kier alpha value is 0.121. The summed E-state index contributed by atoms with van der Waals surface area (Å²) in [6.45, 7) is 24.7. The van der Waals surface area contributed by atoms with Crippen LogP contribution in [-0.2, 0) is 9.53 Å². The second kappa shape index (κ2) is 5.85. The topological polar surface area (TPSA) is 26.3 Å². The third-order valence-electron chi connectivity index (χ3n) is 4.62. The van der Waals surface area contributed by atoms with Crippen LogP contribution in [0.3, 0.4) is 0 Å². The largest absolute Gasteiger partial charge is 0.466 e. The van der Waals surface area contributed by atoms with Crippen molar-refractivity contribution in [2.45, 2.75) is 76.6 Å². The molecule has 0 radical (unpaired) electrons. The molecule has 114 valence electrons. The van der Waals surface area contributed by atoms with E-state index in [1.165, 1.54) is 6.92 Å². The summed E-state index contributed by atoms with van der Waals surface area (Å²) in [5, 5.41) is 0. The molecule has 19 heavy (non-hydrogen) atoms. The lowest BCUT2D eigenvalue weighted by Crippen LogP contribution is -2.66. The highest BCUT2D eigenvalue weighted by molar-refractivity contribution is 7.15. The second-order valence-corrected chi connectivity index (χ2v) is 26.3. The molecule has 0 atom stereocenters. The molecule has 0 saturated carbocycles. The van der Waals surface area contributed by atoms with Gasteiger partial charge in [0.05, 0.1) is 6.61 Å². The standard InChI is InChI=1S/C14H34O2Si3/c1-13(15)16-12-11-14(17(2,3)4,18(5,6)7)19(8,9)10/h11-12H2,1-10H3. The summed E-state index contributed by atoms with van der Waals surface area (Å²) in [5.41, 5.74) is 0. The molecule has 0 aromatic heterocycles. The Labute approximate surface area is 123 Å². The van der Waals surface area contributed by atoms with E-state index in [-0.39, 0.29) is 5.97 Å². The first-order valence-corrected chi connectivity index (χ1v) is 17.8. The van der Waals surface area contributed by atoms with Gasteiger partial charge in [-0.05, 0) is 10.7 Å². The monoisotopic (exact) mass is 318 g/mol. The van der Waals surface area contributed by atoms with Crippen molar-refractivity contribution in [2.75, 3.05) is 6.61 Å². The average Bonchev–Trinajstić information content (AvgIpc) is 2.04. The van der Waals surface area contributed by atoms with Gasteiger partial charge in [0.1, 0.15) is 0 Å². The van der Waals surface area contributed by atoms with Crippen molar-refractivity contribution in [1.29, 1.82) is 0 Å². The van der Waals surface area contributed by atoms with Crippen LogP contribution in [0.15, 0.2) is 0 Å². The summed E-state index contributed by atoms with van der Waals surface area (Å²) >= 11 is 0. The zero-order valence-electron chi connectivity index (χ0n) is 14.7. The van der Waals surface area contributed by atoms with E-state index in [4.69, 9.17) is 4.74 Å². The van der Waals surface area contributed by atoms with Gasteiger partial charge in [0.2, 0.25) is 0 Å². The van der Waals surface area contributed by atoms with Crippen LogP contribution in [0.2, 0.25) is 63.2 Å². The summed E-state index contributed by atoms with van der Waals surface area (Å²) in [7, 11) is -4.04. The molecule has 0 bridgehead atoms. The Morgan fingerprint density at radius 3 is 1.37 bits per heavy atom. The fraction of sp³-hybridized carbons (Fsp3) is 0.929. The van der Waals surface area contributed by atoms with Gasteiger partial charge in [0.25, 0.3) is 0 Å². The zero-order valence-corrected chi connectivity index (χ0v) is 17.7. The lowest BCUT2D eigenvalue weighted by molar-refractivity contribution is -0.141. The molecule has 0 rings (SSSR count). The van der Waals surface area contributed by atoms with Gasteiger partial charge in [0, 0.05) is 31.1 Å². The van der Waals surface area contributed by atoms with Crippen molar-refractivity contribution in [2.24, 2.45) is 0 Å². The first kappa shape index (κ1) is 19.1. The highest BCUT2D eigenvalue weighted by Crippen LogP contribution is 2.56. The Morgan fingerprint density at radius 2 is 1.16 bits per heavy atom. The molecule has 0 aliphatic rings. The fourth-order valence-electron chi connectivity index (χ4n) is 4.85. The van der Waals surface area contributed by atoms with Crippen LogP contribution in [0.5, 0.6) is 0 Å². The van der Waals surface area contributed by atoms with Crippen molar-refractivity contribution >= 4 is 30.2 Å². The second-order valence-electron chi connectivity index (χ2n) is 8.75. The maximum Gasteiger partial charge on any atom is 0.302 e. The molecule has 5 heteroatoms. The first-order valence-electron chi connectivity index (χ1n) is 7.30. The van der Waals surface area contributed by atoms with Crippen LogP contribution in [-0.4, -0.2) is 36.8 Å². The van der Waals surface area contributed by atoms with Gasteiger partial charge in [0.15, 0.2) is 0 Å². The van der Waals surface area contributed by atoms with Gasteiger partial charge in [-0.3, -0.25) is 4.79 Å². The molecule has 0 saturated heterocycles. The van der Waals surface area contributed by atoms with E-state index in [1.807, 2.05) is 0 Å². The molecule has 0 N–H and O–H groups in total. The molecule has 0 heterocycles. The van der Waals surface area contributed by atoms with Crippen molar-refractivity contribution in [3.8, 4) is 0 Å². The molecular weight excluding hydrogens is 284 g/mol. The van der Waals surface area contributed by atoms with Crippen molar-refractivity contribution in [3.05, 3.63) is 0 Å². The van der Waals surface area contributed by atoms with Gasteiger partial charge < -0.3 is 4.74 Å². The van der Waals surface area contributed by atoms with Gasteiger partial charge in [-0.15, -0.1) is 0 Å². The van der Waals surface area contributed by atoms with Crippen molar-refractivity contribution < 1.29 is 9.53 Å². The van der Waals surface area contributed by atoms with E-state index in [9.17, 15) is 4.79 Å². The lowest BCUT2D eigenvalue weighted by Gasteiger charge is -2.59. The van der Waals surface area contributed by atoms with E-state index >= 15 is 0 Å². The quantitative estimate of drug-likeness (QED) is 0.521. The minimum absolute atomic E-state index is 0.143. The average molecular weight is 319 g/mol. The molecule has 0 unspecified atom stereocenters. The highest BCUT2D eigenvalue weighted by Gasteiger charge is 2.59. The van der Waals surface area contributed by atoms with E-state index in [2.05, 4.69) is 58.9 Å². The lowest BCUT2D eigenvalue weighted by atomic mass is 10.5. The maximum atomic E-state index is 11.1. The third kappa shape index (κ3) is 4.04. The molecule has 0 fully saturated rings. The molecular formula is C14H34O2Si3. The van der Waals surface area contributed by atoms with Crippen LogP contribution < -0.4 is 0 Å². The van der Waals surface area contributed by atoms with Gasteiger partial charge >= 0.3 is 5.97 Å². The van der Waals surface area contributed by atoms with Crippen LogP contribution >= 0.6 is 0 Å². The van der Waals surface area contributed by atoms with Crippen molar-refractivity contribution in [1.82, 2.24) is 0 Å². The molecule has 2 nitrogen and oxygen atoms in total. The van der Waals surface area contributed by atoms with E-state index in [0.29, 0.717) is 10.9 Å². The minimum Gasteiger partial charge on any atom is -0.466 e. The predicted octanol–water partition coefficient (Wildman–Crippen LogP) is 4.77. The van der Waals surface area contributed by atoms with E-state index in [1.54, 1.807) is 0 Å². The Morgan fingerprint density at radius 1 is 0.842 bits per heavy atom. The molecule has 0 aliphatic heterocycles. The summed E-state index contributed by atoms with van der Waals surface area (Å²) in [4.78, 5) is 11.1. The Kier molecular flexibility index (Phi) is 5.89. The van der Waals surface area contributed by atoms with E-state index < -0.39 is 24.2 Å². The number of ether oxygens (including phenoxy) is 1. The zero-order chi connectivity index (χ0) is 15.7. The van der Waals surface area contributed by atoms with Crippen molar-refractivity contribution in [3.63, 3.8) is 0 Å². The Bertz CT molecular complexity index is 283. The molecule has 0 amide bonds. The number of hydrogen-bond acceptors (Lipinski definition) is 2. The van der Waals surface area contributed by atoms with Crippen LogP contribution in [0.1, 0.15) is 13.3 Å². The van der Waals surface area contributed by atoms with Gasteiger partial charge in [-0.1, -0.05) is 58.9 Å². The predicted molar refractivity (Wildman–Crippen MR) is 94.0 cm³/mol. The van der Waals surface area contributed by atoms with Gasteiger partial charge in [-0.25, -0.2) is 0 Å². The van der Waals surface area contributed by atoms with Gasteiger partial charge in [-0.2, -0.15) is 0 Å².